The molecule has 1 aliphatic heterocycles. The molecule has 2 rings (SSSR count). The number of pyridine rings is 1. The van der Waals surface area contributed by atoms with E-state index in [1.165, 1.54) is 5.56 Å². The quantitative estimate of drug-likeness (QED) is 0.564. The Bertz CT molecular complexity index is 535. The lowest BCUT2D eigenvalue weighted by Crippen LogP contribution is -2.52. The van der Waals surface area contributed by atoms with Crippen molar-refractivity contribution < 1.29 is 0 Å². The first-order chi connectivity index (χ1) is 11.1. The van der Waals surface area contributed by atoms with Crippen molar-refractivity contribution in [1.82, 2.24) is 20.9 Å². The Kier molecular flexibility index (Phi) is 6.47. The molecule has 1 aromatic rings. The van der Waals surface area contributed by atoms with E-state index < -0.39 is 0 Å². The molecule has 0 saturated heterocycles. The minimum absolute atomic E-state index is 0.240. The molecule has 5 nitrogen and oxygen atoms in total. The van der Waals surface area contributed by atoms with Crippen molar-refractivity contribution >= 4 is 5.82 Å². The molecule has 0 bridgehead atoms. The Hall–Kier alpha value is -2.01. The van der Waals surface area contributed by atoms with Crippen LogP contribution in [0.25, 0.3) is 0 Å². The van der Waals surface area contributed by atoms with Gasteiger partial charge in [0.15, 0.2) is 0 Å². The van der Waals surface area contributed by atoms with Crippen molar-refractivity contribution in [3.05, 3.63) is 47.9 Å². The summed E-state index contributed by atoms with van der Waals surface area (Å²) in [5.74, 6) is 0.937. The van der Waals surface area contributed by atoms with Gasteiger partial charge in [0.25, 0.3) is 0 Å². The molecule has 5 heteroatoms. The summed E-state index contributed by atoms with van der Waals surface area (Å²) >= 11 is 0. The molecule has 4 N–H and O–H groups in total. The second-order valence-electron chi connectivity index (χ2n) is 6.04. The molecule has 1 unspecified atom stereocenters. The number of aromatic nitrogens is 1. The number of dihydropyridines is 1. The third kappa shape index (κ3) is 5.60. The Morgan fingerprint density at radius 3 is 2.52 bits per heavy atom. The molecule has 0 aliphatic carbocycles. The van der Waals surface area contributed by atoms with Crippen LogP contribution in [-0.4, -0.2) is 23.7 Å². The highest BCUT2D eigenvalue weighted by atomic mass is 15.2. The molecule has 23 heavy (non-hydrogen) atoms. The van der Waals surface area contributed by atoms with Crippen LogP contribution in [0.1, 0.15) is 39.2 Å². The summed E-state index contributed by atoms with van der Waals surface area (Å²) < 4.78 is 0. The first-order valence-electron chi connectivity index (χ1n) is 8.50. The molecule has 0 aromatic carbocycles. The van der Waals surface area contributed by atoms with E-state index in [2.05, 4.69) is 65.2 Å². The van der Waals surface area contributed by atoms with Crippen molar-refractivity contribution in [3.8, 4) is 0 Å². The first-order valence-corrected chi connectivity index (χ1v) is 8.50. The van der Waals surface area contributed by atoms with E-state index in [4.69, 9.17) is 0 Å². The van der Waals surface area contributed by atoms with Crippen molar-refractivity contribution in [2.45, 2.75) is 45.8 Å². The van der Waals surface area contributed by atoms with Crippen LogP contribution in [0, 0.1) is 0 Å². The monoisotopic (exact) mass is 315 g/mol. The number of anilines is 1. The van der Waals surface area contributed by atoms with E-state index in [0.29, 0.717) is 0 Å². The van der Waals surface area contributed by atoms with Gasteiger partial charge in [0.1, 0.15) is 11.5 Å². The average molecular weight is 315 g/mol. The minimum atomic E-state index is -0.240. The summed E-state index contributed by atoms with van der Waals surface area (Å²) in [5, 5.41) is 13.6. The van der Waals surface area contributed by atoms with Crippen LogP contribution >= 0.6 is 0 Å². The highest BCUT2D eigenvalue weighted by Gasteiger charge is 2.20. The Labute approximate surface area is 139 Å². The highest BCUT2D eigenvalue weighted by molar-refractivity contribution is 5.35. The van der Waals surface area contributed by atoms with Crippen molar-refractivity contribution in [2.24, 2.45) is 0 Å². The molecule has 0 saturated carbocycles. The zero-order valence-electron chi connectivity index (χ0n) is 14.4. The predicted molar refractivity (Wildman–Crippen MR) is 96.9 cm³/mol. The van der Waals surface area contributed by atoms with Crippen molar-refractivity contribution in [1.29, 1.82) is 0 Å². The Morgan fingerprint density at radius 2 is 1.91 bits per heavy atom. The summed E-state index contributed by atoms with van der Waals surface area (Å²) in [4.78, 5) is 4.44. The number of nitrogens with one attached hydrogen (secondary N) is 4. The van der Waals surface area contributed by atoms with Gasteiger partial charge in [-0.3, -0.25) is 5.32 Å². The molecule has 2 heterocycles. The Balaban J connectivity index is 1.81. The van der Waals surface area contributed by atoms with Gasteiger partial charge in [-0.2, -0.15) is 0 Å². The van der Waals surface area contributed by atoms with Gasteiger partial charge in [-0.05, 0) is 43.5 Å². The van der Waals surface area contributed by atoms with Gasteiger partial charge in [0.2, 0.25) is 0 Å². The lowest BCUT2D eigenvalue weighted by Gasteiger charge is -2.31. The summed E-state index contributed by atoms with van der Waals surface area (Å²) in [6.07, 6.45) is 10.4. The lowest BCUT2D eigenvalue weighted by atomic mass is 10.1. The van der Waals surface area contributed by atoms with E-state index in [1.807, 2.05) is 18.5 Å². The van der Waals surface area contributed by atoms with Crippen LogP contribution in [0.2, 0.25) is 0 Å². The van der Waals surface area contributed by atoms with Gasteiger partial charge in [0.05, 0.1) is 0 Å². The maximum Gasteiger partial charge on any atom is 0.125 e. The number of nitrogens with zero attached hydrogens (tertiary/aromatic N) is 1. The number of rotatable bonds is 9. The predicted octanol–water partition coefficient (Wildman–Crippen LogP) is 2.71. The van der Waals surface area contributed by atoms with Gasteiger partial charge >= 0.3 is 0 Å². The van der Waals surface area contributed by atoms with Crippen LogP contribution in [0.3, 0.4) is 0 Å². The van der Waals surface area contributed by atoms with Crippen LogP contribution in [0.5, 0.6) is 0 Å². The third-order valence-electron chi connectivity index (χ3n) is 3.74. The zero-order chi connectivity index (χ0) is 16.5. The fraction of sp³-hybridized carbons (Fsp3) is 0.500. The van der Waals surface area contributed by atoms with Gasteiger partial charge < -0.3 is 16.0 Å². The largest absolute Gasteiger partial charge is 0.384 e. The molecular weight excluding hydrogens is 286 g/mol. The topological polar surface area (TPSA) is 61.0 Å². The van der Waals surface area contributed by atoms with Crippen LogP contribution < -0.4 is 21.3 Å². The Morgan fingerprint density at radius 1 is 1.13 bits per heavy atom. The van der Waals surface area contributed by atoms with E-state index >= 15 is 0 Å². The van der Waals surface area contributed by atoms with Crippen LogP contribution in [0.15, 0.2) is 42.4 Å². The molecular formula is C18H29N5. The fourth-order valence-corrected chi connectivity index (χ4v) is 2.24. The van der Waals surface area contributed by atoms with Crippen molar-refractivity contribution in [3.63, 3.8) is 0 Å². The molecule has 1 atom stereocenters. The summed E-state index contributed by atoms with van der Waals surface area (Å²) in [7, 11) is 0. The summed E-state index contributed by atoms with van der Waals surface area (Å²) in [6.45, 7) is 9.15. The van der Waals surface area contributed by atoms with E-state index in [1.54, 1.807) is 0 Å². The smallest absolute Gasteiger partial charge is 0.125 e. The zero-order valence-corrected chi connectivity index (χ0v) is 14.4. The molecule has 1 aliphatic rings. The summed E-state index contributed by atoms with van der Waals surface area (Å²) in [5.41, 5.74) is 2.05. The lowest BCUT2D eigenvalue weighted by molar-refractivity contribution is 0.385. The van der Waals surface area contributed by atoms with Gasteiger partial charge in [-0.25, -0.2) is 4.98 Å². The average Bonchev–Trinajstić information content (AvgIpc) is 2.59. The number of allylic oxidation sites excluding steroid dienone is 1. The molecule has 1 aromatic heterocycles. The third-order valence-corrected chi connectivity index (χ3v) is 3.74. The molecule has 0 amide bonds. The number of hydrogen-bond donors (Lipinski definition) is 4. The fourth-order valence-electron chi connectivity index (χ4n) is 2.24. The van der Waals surface area contributed by atoms with E-state index in [-0.39, 0.29) is 5.66 Å². The molecule has 0 fully saturated rings. The van der Waals surface area contributed by atoms with E-state index in [9.17, 15) is 0 Å². The van der Waals surface area contributed by atoms with Crippen LogP contribution in [0.4, 0.5) is 5.82 Å². The van der Waals surface area contributed by atoms with Gasteiger partial charge in [0, 0.05) is 37.7 Å². The first kappa shape index (κ1) is 17.3. The SMILES string of the molecule is CCCNC1=CNC(C)(NCc2ccc(NCCC)nc2)C=C1. The van der Waals surface area contributed by atoms with Crippen molar-refractivity contribution in [2.75, 3.05) is 18.4 Å². The second-order valence-corrected chi connectivity index (χ2v) is 6.04. The van der Waals surface area contributed by atoms with Gasteiger partial charge in [-0.1, -0.05) is 19.9 Å². The van der Waals surface area contributed by atoms with Gasteiger partial charge in [-0.15, -0.1) is 0 Å². The maximum atomic E-state index is 4.44. The van der Waals surface area contributed by atoms with E-state index in [0.717, 1.165) is 44.0 Å². The summed E-state index contributed by atoms with van der Waals surface area (Å²) in [6, 6.07) is 4.14. The highest BCUT2D eigenvalue weighted by Crippen LogP contribution is 2.12. The normalized spacial score (nSPS) is 19.9. The van der Waals surface area contributed by atoms with Crippen LogP contribution in [-0.2, 0) is 6.54 Å². The standard InChI is InChI=1S/C18H29N5/c1-4-10-19-16-8-9-18(3,23-14-16)22-13-15-6-7-17(21-12-15)20-11-5-2/h6-9,12,14,19,22-23H,4-5,10-11,13H2,1-3H3,(H,20,21). The number of hydrogen-bond acceptors (Lipinski definition) is 5. The second kappa shape index (κ2) is 8.58. The molecule has 126 valence electrons. The maximum absolute atomic E-state index is 4.44. The molecule has 0 spiro atoms. The molecule has 0 radical (unpaired) electrons. The minimum Gasteiger partial charge on any atom is -0.384 e.